The van der Waals surface area contributed by atoms with Crippen molar-refractivity contribution in [3.63, 3.8) is 0 Å². The molecule has 21 heteroatoms. The van der Waals surface area contributed by atoms with Gasteiger partial charge in [-0.05, 0) is 178 Å². The van der Waals surface area contributed by atoms with Crippen molar-refractivity contribution in [2.45, 2.75) is 163 Å². The van der Waals surface area contributed by atoms with Crippen molar-refractivity contribution in [3.05, 3.63) is 146 Å². The second kappa shape index (κ2) is 31.9. The number of esters is 5. The van der Waals surface area contributed by atoms with Gasteiger partial charge in [0.15, 0.2) is 21.3 Å². The summed E-state index contributed by atoms with van der Waals surface area (Å²) in [6.45, 7) is 27.3. The van der Waals surface area contributed by atoms with Crippen molar-refractivity contribution in [3.8, 4) is 5.75 Å². The maximum absolute atomic E-state index is 11.8. The number of carbonyl (C=O) groups excluding carboxylic acids is 5. The first-order valence-corrected chi connectivity index (χ1v) is 28.3. The second-order valence-electron chi connectivity index (χ2n) is 21.4. The van der Waals surface area contributed by atoms with E-state index in [9.17, 15) is 63.5 Å². The average Bonchev–Trinajstić information content (AvgIpc) is 2.50. The first kappa shape index (κ1) is 71.5. The average molecular weight is 1210 g/mol. The minimum absolute atomic E-state index is 0.0470. The zero-order valence-electron chi connectivity index (χ0n) is 48.5. The Morgan fingerprint density at radius 3 is 1.31 bits per heavy atom. The highest BCUT2D eigenvalue weighted by Gasteiger charge is 2.60. The summed E-state index contributed by atoms with van der Waals surface area (Å²) in [6, 6.07) is 29.1. The number of ether oxygens (including phenoxy) is 6. The van der Waals surface area contributed by atoms with Crippen molar-refractivity contribution in [2.75, 3.05) is 19.8 Å². The van der Waals surface area contributed by atoms with E-state index in [1.807, 2.05) is 24.3 Å². The maximum atomic E-state index is 11.8. The molecular weight excluding hydrogens is 1140 g/mol. The van der Waals surface area contributed by atoms with E-state index in [1.54, 1.807) is 20.8 Å². The molecule has 84 heavy (non-hydrogen) atoms. The number of hydrogen-bond donors (Lipinski definition) is 0. The molecule has 0 amide bonds. The minimum Gasteiger partial charge on any atom is -0.490 e. The zero-order chi connectivity index (χ0) is 63.4. The molecule has 0 aliphatic heterocycles. The number of alkyl halides is 9. The topological polar surface area (TPSA) is 141 Å². The third-order valence-corrected chi connectivity index (χ3v) is 16.3. The highest BCUT2D eigenvalue weighted by atomic mass is 32.2. The zero-order valence-corrected chi connectivity index (χ0v) is 49.3. The van der Waals surface area contributed by atoms with Crippen LogP contribution in [-0.2, 0) is 58.6 Å². The number of rotatable bonds is 17. The standard InChI is InChI=1S/C24H23O3S.C15H22O2.C11H18O2.C7H6F6O2.C6H7F3O2/c1-19(2)24(25)27-18-17-26-20-13-15-23(16-14-20)28(21-9-5-3-6-10-21)22-11-7-4-8-12-22;1-9(2)14(16)17-15(3)12-5-10-4-11(7-12)8-13(15)6-10;1-4-11(7-5-6-8-11)13-10(12)9(2)3;1-3(2)4(14)15-5(6(8,9)10)7(11,12)13;1-4(2)5(10)11-3-6(7,8)9/h3-16H,1,17-18H2,2H3;10-13H,1,4-8H2,2-3H3;2,4-8H2,1,3H3;5H,1H2,2H3;1,3H2,2H3/q+1;;;;. The van der Waals surface area contributed by atoms with Crippen LogP contribution in [-0.4, -0.2) is 85.5 Å². The Balaban J connectivity index is 0.000000289. The van der Waals surface area contributed by atoms with Crippen LogP contribution in [0, 0.1) is 23.7 Å². The van der Waals surface area contributed by atoms with E-state index in [4.69, 9.17) is 18.9 Å². The van der Waals surface area contributed by atoms with Gasteiger partial charge in [-0.25, -0.2) is 24.0 Å². The molecule has 0 N–H and O–H groups in total. The van der Waals surface area contributed by atoms with Gasteiger partial charge >= 0.3 is 48.4 Å². The van der Waals surface area contributed by atoms with Crippen LogP contribution in [0.25, 0.3) is 0 Å². The van der Waals surface area contributed by atoms with Crippen molar-refractivity contribution < 1.29 is 91.9 Å². The van der Waals surface area contributed by atoms with Gasteiger partial charge in [-0.3, -0.25) is 0 Å². The summed E-state index contributed by atoms with van der Waals surface area (Å²) in [7, 11) is -0.176. The summed E-state index contributed by atoms with van der Waals surface area (Å²) in [5, 5.41) is 0. The first-order chi connectivity index (χ1) is 39.0. The largest absolute Gasteiger partial charge is 0.490 e. The predicted octanol–water partition coefficient (Wildman–Crippen LogP) is 15.7. The third kappa shape index (κ3) is 23.0. The molecule has 3 aromatic carbocycles. The van der Waals surface area contributed by atoms with Gasteiger partial charge in [-0.15, -0.1) is 0 Å². The number of benzene rings is 3. The fourth-order valence-corrected chi connectivity index (χ4v) is 11.9. The Morgan fingerprint density at radius 2 is 0.929 bits per heavy atom. The lowest BCUT2D eigenvalue weighted by Crippen LogP contribution is -2.58. The van der Waals surface area contributed by atoms with Crippen LogP contribution < -0.4 is 4.74 Å². The van der Waals surface area contributed by atoms with Gasteiger partial charge in [0.2, 0.25) is 0 Å². The molecule has 11 nitrogen and oxygen atoms in total. The second-order valence-corrected chi connectivity index (χ2v) is 23.4. The molecule has 5 saturated carbocycles. The summed E-state index contributed by atoms with van der Waals surface area (Å²) in [5.41, 5.74) is 0.445. The first-order valence-electron chi connectivity index (χ1n) is 27.1. The number of carbonyl (C=O) groups is 5. The molecule has 8 rings (SSSR count). The highest BCUT2D eigenvalue weighted by Crippen LogP contribution is 2.59. The molecule has 3 aromatic rings. The lowest BCUT2D eigenvalue weighted by atomic mass is 9.50. The van der Waals surface area contributed by atoms with E-state index in [0.29, 0.717) is 35.2 Å². The summed E-state index contributed by atoms with van der Waals surface area (Å²) in [4.78, 5) is 59.2. The van der Waals surface area contributed by atoms with Crippen molar-refractivity contribution >= 4 is 40.7 Å². The molecular formula is C63H76F9O11S+. The minimum atomic E-state index is -5.69. The molecule has 5 aliphatic carbocycles. The third-order valence-electron chi connectivity index (χ3n) is 14.1. The summed E-state index contributed by atoms with van der Waals surface area (Å²) >= 11 is 0. The van der Waals surface area contributed by atoms with Gasteiger partial charge in [0.05, 0.1) is 10.9 Å². The van der Waals surface area contributed by atoms with Crippen LogP contribution in [0.15, 0.2) is 160 Å². The fourth-order valence-electron chi connectivity index (χ4n) is 9.81. The molecule has 0 heterocycles. The molecule has 5 aliphatic rings. The van der Waals surface area contributed by atoms with Gasteiger partial charge in [0.25, 0.3) is 6.10 Å². The molecule has 0 unspecified atom stereocenters. The van der Waals surface area contributed by atoms with E-state index in [0.717, 1.165) is 43.8 Å². The molecule has 4 bridgehead atoms. The predicted molar refractivity (Wildman–Crippen MR) is 300 cm³/mol. The molecule has 462 valence electrons. The van der Waals surface area contributed by atoms with E-state index >= 15 is 0 Å². The molecule has 5 fully saturated rings. The highest BCUT2D eigenvalue weighted by molar-refractivity contribution is 7.97. The van der Waals surface area contributed by atoms with Crippen LogP contribution in [0.2, 0.25) is 0 Å². The van der Waals surface area contributed by atoms with Crippen LogP contribution in [0.5, 0.6) is 5.75 Å². The van der Waals surface area contributed by atoms with E-state index in [2.05, 4.69) is 117 Å². The van der Waals surface area contributed by atoms with Crippen LogP contribution in [0.1, 0.15) is 113 Å². The van der Waals surface area contributed by atoms with Gasteiger partial charge in [0.1, 0.15) is 30.2 Å². The number of halogens is 9. The van der Waals surface area contributed by atoms with E-state index < -0.39 is 54.7 Å². The Labute approximate surface area is 489 Å². The van der Waals surface area contributed by atoms with Crippen LogP contribution >= 0.6 is 0 Å². The van der Waals surface area contributed by atoms with Crippen LogP contribution in [0.4, 0.5) is 39.5 Å². The molecule has 0 saturated heterocycles. The summed E-state index contributed by atoms with van der Waals surface area (Å²) in [6.07, 6.45) is -8.14. The quantitative estimate of drug-likeness (QED) is 0.0318. The smallest absolute Gasteiger partial charge is 0.434 e. The number of hydrogen-bond acceptors (Lipinski definition) is 11. The SMILES string of the molecule is C=C(C)C(=O)OC(C(F)(F)F)C(F)(F)F.C=C(C)C(=O)OC1(C)C2CC3CC(C2)CC1C3.C=C(C)C(=O)OC1(CC)CCCC1.C=C(C)C(=O)OCC(F)(F)F.C=C(C)C(=O)OCCOc1ccc([S+](c2ccccc2)c2ccccc2)cc1. The van der Waals surface area contributed by atoms with Crippen molar-refractivity contribution in [1.29, 1.82) is 0 Å². The fraction of sp³-hybridized carbons (Fsp3) is 0.476. The molecule has 0 spiro atoms. The normalized spacial score (nSPS) is 19.8. The molecule has 0 atom stereocenters. The van der Waals surface area contributed by atoms with Gasteiger partial charge in [-0.2, -0.15) is 39.5 Å². The Bertz CT molecular complexity index is 2650. The van der Waals surface area contributed by atoms with Gasteiger partial charge in [0, 0.05) is 27.9 Å². The molecule has 0 aromatic heterocycles. The molecule has 0 radical (unpaired) electrons. The van der Waals surface area contributed by atoms with Crippen molar-refractivity contribution in [1.82, 2.24) is 0 Å². The monoisotopic (exact) mass is 1210 g/mol. The Morgan fingerprint density at radius 1 is 0.536 bits per heavy atom. The van der Waals surface area contributed by atoms with E-state index in [1.165, 1.54) is 66.6 Å². The summed E-state index contributed by atoms with van der Waals surface area (Å²) in [5.74, 6) is 0.182. The lowest BCUT2D eigenvalue weighted by Gasteiger charge is -2.59. The Kier molecular flexibility index (Phi) is 27.2. The van der Waals surface area contributed by atoms with E-state index in [-0.39, 0.29) is 46.2 Å². The Hall–Kier alpha value is -6.77. The van der Waals surface area contributed by atoms with Crippen LogP contribution in [0.3, 0.4) is 0 Å². The lowest BCUT2D eigenvalue weighted by molar-refractivity contribution is -0.312. The summed E-state index contributed by atoms with van der Waals surface area (Å²) < 4.78 is 134. The van der Waals surface area contributed by atoms with Gasteiger partial charge < -0.3 is 28.4 Å². The maximum Gasteiger partial charge on any atom is 0.434 e. The van der Waals surface area contributed by atoms with Crippen molar-refractivity contribution in [2.24, 2.45) is 23.7 Å². The van der Waals surface area contributed by atoms with Gasteiger partial charge in [-0.1, -0.05) is 76.2 Å².